The highest BCUT2D eigenvalue weighted by Gasteiger charge is 2.11. The number of rotatable bonds is 6. The molecular formula is C27H28N4O. The van der Waals surface area contributed by atoms with Gasteiger partial charge in [-0.1, -0.05) is 54.1 Å². The molecule has 4 rings (SSSR count). The summed E-state index contributed by atoms with van der Waals surface area (Å²) in [7, 11) is 4.04. The third kappa shape index (κ3) is 4.63. The third-order valence-electron chi connectivity index (χ3n) is 5.54. The number of nitrogens with zero attached hydrogens (tertiary/aromatic N) is 3. The first-order valence-electron chi connectivity index (χ1n) is 10.7. The molecule has 0 atom stereocenters. The lowest BCUT2D eigenvalue weighted by Crippen LogP contribution is -2.24. The topological polar surface area (TPSA) is 64.2 Å². The van der Waals surface area contributed by atoms with Crippen molar-refractivity contribution >= 4 is 28.7 Å². The number of hydrogen-bond donors (Lipinski definition) is 1. The highest BCUT2D eigenvalue weighted by molar-refractivity contribution is 5.80. The molecule has 5 nitrogen and oxygen atoms in total. The maximum Gasteiger partial charge on any atom is 0.261 e. The van der Waals surface area contributed by atoms with Gasteiger partial charge in [0.15, 0.2) is 0 Å². The zero-order valence-electron chi connectivity index (χ0n) is 18.7. The molecule has 0 spiro atoms. The molecule has 0 bridgehead atoms. The summed E-state index contributed by atoms with van der Waals surface area (Å²) in [5.41, 5.74) is 11.8. The van der Waals surface area contributed by atoms with Gasteiger partial charge in [0.25, 0.3) is 5.56 Å². The molecule has 0 saturated heterocycles. The molecule has 32 heavy (non-hydrogen) atoms. The number of aryl methyl sites for hydroxylation is 1. The minimum Gasteiger partial charge on any atom is -0.378 e. The Morgan fingerprint density at radius 2 is 1.72 bits per heavy atom. The van der Waals surface area contributed by atoms with Gasteiger partial charge in [0, 0.05) is 26.3 Å². The van der Waals surface area contributed by atoms with E-state index in [0.717, 1.165) is 27.9 Å². The fourth-order valence-corrected chi connectivity index (χ4v) is 3.72. The first-order valence-corrected chi connectivity index (χ1v) is 10.7. The lowest BCUT2D eigenvalue weighted by Gasteiger charge is -2.13. The predicted molar refractivity (Wildman–Crippen MR) is 134 cm³/mol. The fraction of sp³-hybridized carbons (Fsp3) is 0.185. The van der Waals surface area contributed by atoms with Crippen LogP contribution in [0.3, 0.4) is 0 Å². The monoisotopic (exact) mass is 424 g/mol. The Labute approximate surface area is 188 Å². The van der Waals surface area contributed by atoms with Crippen molar-refractivity contribution in [2.75, 3.05) is 19.0 Å². The molecule has 0 saturated carbocycles. The van der Waals surface area contributed by atoms with Crippen LogP contribution in [0.1, 0.15) is 28.1 Å². The Bertz CT molecular complexity index is 1330. The molecule has 0 aliphatic carbocycles. The highest BCUT2D eigenvalue weighted by atomic mass is 16.1. The summed E-state index contributed by atoms with van der Waals surface area (Å²) in [5.74, 6) is 0.626. The van der Waals surface area contributed by atoms with Crippen LogP contribution in [0.2, 0.25) is 0 Å². The van der Waals surface area contributed by atoms with E-state index in [9.17, 15) is 4.79 Å². The Kier molecular flexibility index (Phi) is 6.19. The van der Waals surface area contributed by atoms with Crippen LogP contribution >= 0.6 is 0 Å². The van der Waals surface area contributed by atoms with Crippen LogP contribution in [0.4, 0.5) is 5.69 Å². The minimum atomic E-state index is -0.0422. The summed E-state index contributed by atoms with van der Waals surface area (Å²) in [6.07, 6.45) is 3.91. The molecule has 0 radical (unpaired) electrons. The van der Waals surface area contributed by atoms with Gasteiger partial charge in [-0.15, -0.1) is 0 Å². The molecule has 1 heterocycles. The summed E-state index contributed by atoms with van der Waals surface area (Å²) in [6.45, 7) is 2.88. The van der Waals surface area contributed by atoms with Crippen LogP contribution in [-0.4, -0.2) is 23.6 Å². The maximum atomic E-state index is 13.5. The first kappa shape index (κ1) is 21.5. The molecule has 0 amide bonds. The van der Waals surface area contributed by atoms with E-state index in [-0.39, 0.29) is 5.56 Å². The Morgan fingerprint density at radius 1 is 0.969 bits per heavy atom. The molecule has 0 fully saturated rings. The van der Waals surface area contributed by atoms with Gasteiger partial charge >= 0.3 is 0 Å². The summed E-state index contributed by atoms with van der Waals surface area (Å²) in [4.78, 5) is 20.3. The number of hydrogen-bond acceptors (Lipinski definition) is 4. The lowest BCUT2D eigenvalue weighted by atomic mass is 10.1. The Balaban J connectivity index is 1.79. The van der Waals surface area contributed by atoms with E-state index < -0.39 is 0 Å². The second-order valence-corrected chi connectivity index (χ2v) is 8.23. The van der Waals surface area contributed by atoms with Crippen molar-refractivity contribution < 1.29 is 0 Å². The van der Waals surface area contributed by atoms with E-state index >= 15 is 0 Å². The average Bonchev–Trinajstić information content (AvgIpc) is 2.80. The zero-order chi connectivity index (χ0) is 22.7. The van der Waals surface area contributed by atoms with Crippen molar-refractivity contribution in [2.24, 2.45) is 5.73 Å². The molecular weight excluding hydrogens is 396 g/mol. The molecule has 3 aromatic carbocycles. The first-order chi connectivity index (χ1) is 15.4. The minimum absolute atomic E-state index is 0.0422. The van der Waals surface area contributed by atoms with E-state index in [4.69, 9.17) is 10.7 Å². The number of aromatic nitrogens is 2. The van der Waals surface area contributed by atoms with Gasteiger partial charge in [-0.3, -0.25) is 9.36 Å². The molecule has 1 aromatic heterocycles. The van der Waals surface area contributed by atoms with Crippen LogP contribution in [0.15, 0.2) is 71.5 Å². The van der Waals surface area contributed by atoms with Crippen molar-refractivity contribution in [3.63, 3.8) is 0 Å². The molecule has 162 valence electrons. The second kappa shape index (κ2) is 9.20. The van der Waals surface area contributed by atoms with Crippen molar-refractivity contribution in [3.05, 3.63) is 105 Å². The van der Waals surface area contributed by atoms with E-state index in [1.807, 2.05) is 75.6 Å². The average molecular weight is 425 g/mol. The van der Waals surface area contributed by atoms with E-state index in [1.54, 1.807) is 4.57 Å². The SMILES string of the molecule is Cc1ccc2nc(C=Cc3ccc(N(C)C)cc3)n(Cc3cccc(CN)c3)c(=O)c2c1. The van der Waals surface area contributed by atoms with Crippen molar-refractivity contribution in [2.45, 2.75) is 20.0 Å². The van der Waals surface area contributed by atoms with Crippen LogP contribution < -0.4 is 16.2 Å². The molecule has 5 heteroatoms. The maximum absolute atomic E-state index is 13.5. The van der Waals surface area contributed by atoms with Crippen LogP contribution in [-0.2, 0) is 13.1 Å². The van der Waals surface area contributed by atoms with E-state index in [1.165, 1.54) is 0 Å². The lowest BCUT2D eigenvalue weighted by molar-refractivity contribution is 0.737. The predicted octanol–water partition coefficient (Wildman–Crippen LogP) is 4.45. The zero-order valence-corrected chi connectivity index (χ0v) is 18.7. The van der Waals surface area contributed by atoms with Crippen LogP contribution in [0, 0.1) is 6.92 Å². The highest BCUT2D eigenvalue weighted by Crippen LogP contribution is 2.17. The number of anilines is 1. The summed E-state index contributed by atoms with van der Waals surface area (Å²) in [5, 5.41) is 0.632. The molecule has 0 aliphatic rings. The van der Waals surface area contributed by atoms with Gasteiger partial charge in [-0.05, 0) is 54.0 Å². The number of fused-ring (bicyclic) bond motifs is 1. The standard InChI is InChI=1S/C27H28N4O/c1-19-7-13-25-24(15-19)27(32)31(18-22-6-4-5-21(16-22)17-28)26(29-25)14-10-20-8-11-23(12-9-20)30(2)3/h4-16H,17-18,28H2,1-3H3. The summed E-state index contributed by atoms with van der Waals surface area (Å²) in [6, 6.07) is 22.1. The van der Waals surface area contributed by atoms with Crippen LogP contribution in [0.5, 0.6) is 0 Å². The molecule has 0 unspecified atom stereocenters. The quantitative estimate of drug-likeness (QED) is 0.497. The van der Waals surface area contributed by atoms with Crippen molar-refractivity contribution in [1.29, 1.82) is 0 Å². The fourth-order valence-electron chi connectivity index (χ4n) is 3.72. The second-order valence-electron chi connectivity index (χ2n) is 8.23. The van der Waals surface area contributed by atoms with Crippen LogP contribution in [0.25, 0.3) is 23.1 Å². The van der Waals surface area contributed by atoms with Crippen molar-refractivity contribution in [1.82, 2.24) is 9.55 Å². The Morgan fingerprint density at radius 3 is 2.44 bits per heavy atom. The smallest absolute Gasteiger partial charge is 0.261 e. The van der Waals surface area contributed by atoms with E-state index in [0.29, 0.717) is 29.8 Å². The van der Waals surface area contributed by atoms with Gasteiger partial charge < -0.3 is 10.6 Å². The number of nitrogens with two attached hydrogens (primary N) is 1. The Hall–Kier alpha value is -3.70. The normalized spacial score (nSPS) is 11.4. The van der Waals surface area contributed by atoms with Crippen molar-refractivity contribution in [3.8, 4) is 0 Å². The van der Waals surface area contributed by atoms with Gasteiger partial charge in [0.1, 0.15) is 5.82 Å². The molecule has 0 aliphatic heterocycles. The van der Waals surface area contributed by atoms with E-state index in [2.05, 4.69) is 29.2 Å². The van der Waals surface area contributed by atoms with Gasteiger partial charge in [0.05, 0.1) is 17.4 Å². The summed E-state index contributed by atoms with van der Waals surface area (Å²) >= 11 is 0. The number of benzene rings is 3. The van der Waals surface area contributed by atoms with Gasteiger partial charge in [-0.2, -0.15) is 0 Å². The van der Waals surface area contributed by atoms with Gasteiger partial charge in [-0.25, -0.2) is 4.98 Å². The molecule has 2 N–H and O–H groups in total. The summed E-state index contributed by atoms with van der Waals surface area (Å²) < 4.78 is 1.74. The van der Waals surface area contributed by atoms with Gasteiger partial charge in [0.2, 0.25) is 0 Å². The largest absolute Gasteiger partial charge is 0.378 e. The third-order valence-corrected chi connectivity index (χ3v) is 5.54. The molecule has 4 aromatic rings.